The molecule has 2 rings (SSSR count). The Morgan fingerprint density at radius 1 is 1.38 bits per heavy atom. The van der Waals surface area contributed by atoms with Crippen LogP contribution in [-0.2, 0) is 11.3 Å². The second kappa shape index (κ2) is 9.34. The normalized spacial score (nSPS) is 11.1. The molecule has 0 fully saturated rings. The smallest absolute Gasteiger partial charge is 0.339 e. The molecule has 0 bridgehead atoms. The number of hydrogen-bond donors (Lipinski definition) is 1. The first-order chi connectivity index (χ1) is 13.7. The van der Waals surface area contributed by atoms with Gasteiger partial charge in [0.1, 0.15) is 11.6 Å². The minimum absolute atomic E-state index is 0.0377. The second-order valence-corrected chi connectivity index (χ2v) is 6.97. The van der Waals surface area contributed by atoms with Gasteiger partial charge in [-0.05, 0) is 45.4 Å². The molecule has 29 heavy (non-hydrogen) atoms. The van der Waals surface area contributed by atoms with E-state index in [1.54, 1.807) is 13.8 Å². The quantitative estimate of drug-likeness (QED) is 0.537. The van der Waals surface area contributed by atoms with Crippen LogP contribution in [0.1, 0.15) is 48.7 Å². The molecule has 1 N–H and O–H groups in total. The van der Waals surface area contributed by atoms with Crippen molar-refractivity contribution in [1.82, 2.24) is 4.57 Å². The Labute approximate surface area is 173 Å². The molecule has 9 heteroatoms. The fraction of sp³-hybridized carbons (Fsp3) is 0.350. The molecule has 1 heterocycles. The lowest BCUT2D eigenvalue weighted by molar-refractivity contribution is 0.0378. The third-order valence-corrected chi connectivity index (χ3v) is 4.32. The largest absolute Gasteiger partial charge is 0.493 e. The van der Waals surface area contributed by atoms with Gasteiger partial charge in [-0.3, -0.25) is 9.36 Å². The Bertz CT molecular complexity index is 1070. The molecule has 0 aliphatic heterocycles. The van der Waals surface area contributed by atoms with Crippen LogP contribution >= 0.6 is 11.6 Å². The van der Waals surface area contributed by atoms with Gasteiger partial charge in [0.15, 0.2) is 5.69 Å². The van der Waals surface area contributed by atoms with Crippen LogP contribution < -0.4 is 5.56 Å². The van der Waals surface area contributed by atoms with Gasteiger partial charge in [0.2, 0.25) is 5.88 Å². The highest BCUT2D eigenvalue weighted by atomic mass is 35.5. The van der Waals surface area contributed by atoms with Crippen molar-refractivity contribution in [3.8, 4) is 11.9 Å². The first-order valence-corrected chi connectivity index (χ1v) is 9.37. The molecule has 8 nitrogen and oxygen atoms in total. The molecule has 0 radical (unpaired) electrons. The fourth-order valence-electron chi connectivity index (χ4n) is 2.61. The highest BCUT2D eigenvalue weighted by molar-refractivity contribution is 6.33. The number of pyridine rings is 1. The summed E-state index contributed by atoms with van der Waals surface area (Å²) in [6.45, 7) is 7.02. The Morgan fingerprint density at radius 2 is 2.07 bits per heavy atom. The zero-order valence-corrected chi connectivity index (χ0v) is 17.3. The number of carbonyl (C=O) groups excluding carboxylic acids is 1. The molecule has 0 aliphatic carbocycles. The van der Waals surface area contributed by atoms with Crippen LogP contribution in [0, 0.1) is 18.3 Å². The Morgan fingerprint density at radius 3 is 2.66 bits per heavy atom. The molecule has 0 unspecified atom stereocenters. The summed E-state index contributed by atoms with van der Waals surface area (Å²) >= 11 is 6.06. The van der Waals surface area contributed by atoms with Crippen LogP contribution in [0.2, 0.25) is 5.02 Å². The minimum atomic E-state index is -0.597. The van der Waals surface area contributed by atoms with Crippen molar-refractivity contribution in [3.05, 3.63) is 50.3 Å². The van der Waals surface area contributed by atoms with E-state index in [4.69, 9.17) is 16.3 Å². The number of carbonyl (C=O) groups is 1. The first-order valence-electron chi connectivity index (χ1n) is 8.99. The topological polar surface area (TPSA) is 117 Å². The maximum atomic E-state index is 12.7. The maximum Gasteiger partial charge on any atom is 0.339 e. The van der Waals surface area contributed by atoms with Crippen LogP contribution in [0.4, 0.5) is 11.4 Å². The lowest BCUT2D eigenvalue weighted by Gasteiger charge is -2.12. The lowest BCUT2D eigenvalue weighted by Crippen LogP contribution is -2.21. The van der Waals surface area contributed by atoms with Crippen molar-refractivity contribution >= 4 is 28.9 Å². The third-order valence-electron chi connectivity index (χ3n) is 3.99. The van der Waals surface area contributed by atoms with Crippen molar-refractivity contribution in [2.75, 3.05) is 0 Å². The van der Waals surface area contributed by atoms with Crippen LogP contribution in [0.15, 0.2) is 33.2 Å². The number of aromatic hydroxyl groups is 1. The fourth-order valence-corrected chi connectivity index (χ4v) is 2.80. The van der Waals surface area contributed by atoms with Crippen molar-refractivity contribution in [3.63, 3.8) is 0 Å². The molecule has 0 amide bonds. The van der Waals surface area contributed by atoms with Crippen molar-refractivity contribution in [2.24, 2.45) is 10.2 Å². The van der Waals surface area contributed by atoms with E-state index < -0.39 is 11.5 Å². The number of nitriles is 1. The Kier molecular flexibility index (Phi) is 7.13. The number of hydrogen-bond acceptors (Lipinski definition) is 7. The Balaban J connectivity index is 2.52. The summed E-state index contributed by atoms with van der Waals surface area (Å²) in [5.41, 5.74) is -0.0336. The lowest BCUT2D eigenvalue weighted by atomic mass is 10.1. The zero-order chi connectivity index (χ0) is 21.7. The van der Waals surface area contributed by atoms with Gasteiger partial charge in [-0.15, -0.1) is 5.11 Å². The van der Waals surface area contributed by atoms with Crippen LogP contribution in [0.25, 0.3) is 0 Å². The van der Waals surface area contributed by atoms with E-state index in [1.807, 2.05) is 13.0 Å². The molecular weight excluding hydrogens is 396 g/mol. The van der Waals surface area contributed by atoms with Gasteiger partial charge in [0.25, 0.3) is 5.56 Å². The van der Waals surface area contributed by atoms with Gasteiger partial charge in [0.05, 0.1) is 22.4 Å². The van der Waals surface area contributed by atoms with E-state index in [0.717, 1.165) is 4.57 Å². The van der Waals surface area contributed by atoms with E-state index in [1.165, 1.54) is 25.1 Å². The van der Waals surface area contributed by atoms with Gasteiger partial charge < -0.3 is 9.84 Å². The van der Waals surface area contributed by atoms with Gasteiger partial charge in [-0.2, -0.15) is 10.4 Å². The highest BCUT2D eigenvalue weighted by Crippen LogP contribution is 2.28. The summed E-state index contributed by atoms with van der Waals surface area (Å²) in [5, 5.41) is 27.7. The van der Waals surface area contributed by atoms with Crippen LogP contribution in [0.5, 0.6) is 5.88 Å². The first kappa shape index (κ1) is 22.1. The van der Waals surface area contributed by atoms with Crippen molar-refractivity contribution in [1.29, 1.82) is 5.26 Å². The number of halogens is 1. The van der Waals surface area contributed by atoms with Crippen LogP contribution in [0.3, 0.4) is 0 Å². The minimum Gasteiger partial charge on any atom is -0.493 e. The molecular formula is C20H21ClN4O4. The highest BCUT2D eigenvalue weighted by Gasteiger charge is 2.19. The SMILES string of the molecule is CCCn1c(O)c(C#N)c(C)c(N=Nc2ccc(Cl)c(C(=O)OC(C)C)c2)c1=O. The van der Waals surface area contributed by atoms with Crippen molar-refractivity contribution < 1.29 is 14.6 Å². The van der Waals surface area contributed by atoms with E-state index in [2.05, 4.69) is 10.2 Å². The van der Waals surface area contributed by atoms with Crippen molar-refractivity contribution in [2.45, 2.75) is 46.8 Å². The average Bonchev–Trinajstić information content (AvgIpc) is 2.66. The molecule has 0 atom stereocenters. The molecule has 152 valence electrons. The molecule has 0 aliphatic rings. The number of esters is 1. The summed E-state index contributed by atoms with van der Waals surface area (Å²) < 4.78 is 6.24. The zero-order valence-electron chi connectivity index (χ0n) is 16.6. The number of benzene rings is 1. The molecule has 0 spiro atoms. The monoisotopic (exact) mass is 416 g/mol. The number of rotatable bonds is 6. The van der Waals surface area contributed by atoms with Gasteiger partial charge in [0, 0.05) is 12.1 Å². The summed E-state index contributed by atoms with van der Waals surface area (Å²) in [7, 11) is 0. The third kappa shape index (κ3) is 4.81. The van der Waals surface area contributed by atoms with Gasteiger partial charge >= 0.3 is 5.97 Å². The van der Waals surface area contributed by atoms with E-state index in [-0.39, 0.29) is 51.6 Å². The summed E-state index contributed by atoms with van der Waals surface area (Å²) in [4.78, 5) is 24.8. The summed E-state index contributed by atoms with van der Waals surface area (Å²) in [6.07, 6.45) is 0.265. The predicted molar refractivity (Wildman–Crippen MR) is 108 cm³/mol. The average molecular weight is 417 g/mol. The molecule has 1 aromatic heterocycles. The predicted octanol–water partition coefficient (Wildman–Crippen LogP) is 4.78. The van der Waals surface area contributed by atoms with Gasteiger partial charge in [-0.25, -0.2) is 4.79 Å². The van der Waals surface area contributed by atoms with E-state index in [9.17, 15) is 20.0 Å². The second-order valence-electron chi connectivity index (χ2n) is 6.56. The van der Waals surface area contributed by atoms with Crippen LogP contribution in [-0.4, -0.2) is 21.7 Å². The molecule has 0 saturated heterocycles. The van der Waals surface area contributed by atoms with Gasteiger partial charge in [-0.1, -0.05) is 18.5 Å². The number of azo groups is 1. The molecule has 2 aromatic rings. The van der Waals surface area contributed by atoms with E-state index in [0.29, 0.717) is 6.42 Å². The number of nitrogens with zero attached hydrogens (tertiary/aromatic N) is 4. The molecule has 0 saturated carbocycles. The molecule has 1 aromatic carbocycles. The number of ether oxygens (including phenoxy) is 1. The Hall–Kier alpha value is -3.18. The maximum absolute atomic E-state index is 12.7. The summed E-state index contributed by atoms with van der Waals surface area (Å²) in [6, 6.07) is 6.30. The summed E-state index contributed by atoms with van der Waals surface area (Å²) in [5.74, 6) is -0.985. The standard InChI is InChI=1S/C20H21ClN4O4/c1-5-8-25-18(26)15(10-22)12(4)17(19(25)27)24-23-13-6-7-16(21)14(9-13)20(28)29-11(2)3/h6-7,9,11,26H,5,8H2,1-4H3. The number of aromatic nitrogens is 1. The van der Waals surface area contributed by atoms with E-state index >= 15 is 0 Å².